The molecular weight excluding hydrogens is 198 g/mol. The minimum Gasteiger partial charge on any atom is -0.319 e. The van der Waals surface area contributed by atoms with Crippen molar-refractivity contribution in [2.45, 2.75) is 26.7 Å². The SMILES string of the molecule is CNCCC(=O)c1cccc(CC(C)C)c1. The summed E-state index contributed by atoms with van der Waals surface area (Å²) in [5.41, 5.74) is 2.10. The van der Waals surface area contributed by atoms with Crippen molar-refractivity contribution in [3.8, 4) is 0 Å². The first kappa shape index (κ1) is 12.9. The molecule has 0 aliphatic heterocycles. The van der Waals surface area contributed by atoms with Crippen molar-refractivity contribution in [1.29, 1.82) is 0 Å². The molecule has 0 fully saturated rings. The number of carbonyl (C=O) groups excluding carboxylic acids is 1. The van der Waals surface area contributed by atoms with E-state index in [0.717, 1.165) is 18.5 Å². The molecule has 0 aliphatic carbocycles. The molecule has 88 valence electrons. The molecule has 2 nitrogen and oxygen atoms in total. The quantitative estimate of drug-likeness (QED) is 0.745. The average Bonchev–Trinajstić information content (AvgIpc) is 2.25. The summed E-state index contributed by atoms with van der Waals surface area (Å²) in [4.78, 5) is 11.8. The summed E-state index contributed by atoms with van der Waals surface area (Å²) in [6.07, 6.45) is 1.61. The largest absolute Gasteiger partial charge is 0.319 e. The highest BCUT2D eigenvalue weighted by molar-refractivity contribution is 5.96. The van der Waals surface area contributed by atoms with E-state index in [9.17, 15) is 4.79 Å². The summed E-state index contributed by atoms with van der Waals surface area (Å²) < 4.78 is 0. The Bertz CT molecular complexity index is 344. The maximum absolute atomic E-state index is 11.8. The van der Waals surface area contributed by atoms with Gasteiger partial charge in [-0.25, -0.2) is 0 Å². The molecule has 0 radical (unpaired) electrons. The first-order valence-electron chi connectivity index (χ1n) is 5.90. The summed E-state index contributed by atoms with van der Waals surface area (Å²) in [7, 11) is 1.86. The highest BCUT2D eigenvalue weighted by atomic mass is 16.1. The van der Waals surface area contributed by atoms with Crippen LogP contribution in [-0.4, -0.2) is 19.4 Å². The average molecular weight is 219 g/mol. The van der Waals surface area contributed by atoms with Gasteiger partial charge in [0.25, 0.3) is 0 Å². The number of ketones is 1. The lowest BCUT2D eigenvalue weighted by atomic mass is 9.99. The van der Waals surface area contributed by atoms with Crippen LogP contribution in [0, 0.1) is 5.92 Å². The molecule has 0 atom stereocenters. The fraction of sp³-hybridized carbons (Fsp3) is 0.500. The van der Waals surface area contributed by atoms with Crippen molar-refractivity contribution in [3.05, 3.63) is 35.4 Å². The molecule has 0 heterocycles. The van der Waals surface area contributed by atoms with Crippen LogP contribution < -0.4 is 5.32 Å². The van der Waals surface area contributed by atoms with E-state index in [1.165, 1.54) is 5.56 Å². The number of Topliss-reactive ketones (excluding diaryl/α,β-unsaturated/α-hetero) is 1. The Morgan fingerprint density at radius 1 is 1.38 bits per heavy atom. The molecule has 0 saturated carbocycles. The number of carbonyl (C=O) groups is 1. The van der Waals surface area contributed by atoms with Crippen LogP contribution in [0.2, 0.25) is 0 Å². The summed E-state index contributed by atoms with van der Waals surface area (Å²) in [6.45, 7) is 5.12. The van der Waals surface area contributed by atoms with Gasteiger partial charge in [-0.3, -0.25) is 4.79 Å². The summed E-state index contributed by atoms with van der Waals surface area (Å²) in [5, 5.41) is 2.99. The van der Waals surface area contributed by atoms with Gasteiger partial charge in [0.05, 0.1) is 0 Å². The molecular formula is C14H21NO. The molecule has 0 spiro atoms. The number of nitrogens with one attached hydrogen (secondary N) is 1. The van der Waals surface area contributed by atoms with Crippen LogP contribution in [0.15, 0.2) is 24.3 Å². The standard InChI is InChI=1S/C14H21NO/c1-11(2)9-12-5-4-6-13(10-12)14(16)7-8-15-3/h4-6,10-11,15H,7-9H2,1-3H3. The van der Waals surface area contributed by atoms with Gasteiger partial charge in [0.1, 0.15) is 0 Å². The van der Waals surface area contributed by atoms with Crippen molar-refractivity contribution in [3.63, 3.8) is 0 Å². The molecule has 0 bridgehead atoms. The van der Waals surface area contributed by atoms with E-state index in [1.54, 1.807) is 0 Å². The third kappa shape index (κ3) is 4.15. The fourth-order valence-electron chi connectivity index (χ4n) is 1.73. The van der Waals surface area contributed by atoms with Crippen molar-refractivity contribution in [2.24, 2.45) is 5.92 Å². The van der Waals surface area contributed by atoms with E-state index in [-0.39, 0.29) is 5.78 Å². The second-order valence-corrected chi connectivity index (χ2v) is 4.58. The molecule has 0 saturated heterocycles. The maximum atomic E-state index is 11.8. The van der Waals surface area contributed by atoms with E-state index in [0.29, 0.717) is 12.3 Å². The third-order valence-electron chi connectivity index (χ3n) is 2.49. The highest BCUT2D eigenvalue weighted by Gasteiger charge is 2.06. The minimum atomic E-state index is 0.222. The van der Waals surface area contributed by atoms with E-state index in [1.807, 2.05) is 25.2 Å². The predicted octanol–water partition coefficient (Wildman–Crippen LogP) is 2.68. The van der Waals surface area contributed by atoms with E-state index >= 15 is 0 Å². The zero-order valence-corrected chi connectivity index (χ0v) is 10.4. The van der Waals surface area contributed by atoms with Gasteiger partial charge >= 0.3 is 0 Å². The van der Waals surface area contributed by atoms with Gasteiger partial charge in [-0.05, 0) is 31.0 Å². The van der Waals surface area contributed by atoms with Crippen LogP contribution >= 0.6 is 0 Å². The van der Waals surface area contributed by atoms with Crippen molar-refractivity contribution in [2.75, 3.05) is 13.6 Å². The number of hydrogen-bond acceptors (Lipinski definition) is 2. The summed E-state index contributed by atoms with van der Waals surface area (Å²) in [5.74, 6) is 0.850. The second kappa shape index (κ2) is 6.44. The molecule has 2 heteroatoms. The molecule has 1 N–H and O–H groups in total. The van der Waals surface area contributed by atoms with Gasteiger partial charge < -0.3 is 5.32 Å². The highest BCUT2D eigenvalue weighted by Crippen LogP contribution is 2.11. The minimum absolute atomic E-state index is 0.222. The first-order chi connectivity index (χ1) is 7.63. The molecule has 0 amide bonds. The van der Waals surface area contributed by atoms with Gasteiger partial charge in [0.2, 0.25) is 0 Å². The Morgan fingerprint density at radius 3 is 2.75 bits per heavy atom. The topological polar surface area (TPSA) is 29.1 Å². The zero-order chi connectivity index (χ0) is 12.0. The molecule has 1 rings (SSSR count). The van der Waals surface area contributed by atoms with Crippen LogP contribution in [-0.2, 0) is 6.42 Å². The van der Waals surface area contributed by atoms with Crippen LogP contribution in [0.4, 0.5) is 0 Å². The molecule has 0 aliphatic rings. The van der Waals surface area contributed by atoms with Crippen molar-refractivity contribution in [1.82, 2.24) is 5.32 Å². The Hall–Kier alpha value is -1.15. The van der Waals surface area contributed by atoms with Crippen molar-refractivity contribution < 1.29 is 4.79 Å². The van der Waals surface area contributed by atoms with Crippen molar-refractivity contribution >= 4 is 5.78 Å². The monoisotopic (exact) mass is 219 g/mol. The fourth-order valence-corrected chi connectivity index (χ4v) is 1.73. The summed E-state index contributed by atoms with van der Waals surface area (Å²) in [6, 6.07) is 8.00. The van der Waals surface area contributed by atoms with Gasteiger partial charge in [-0.15, -0.1) is 0 Å². The predicted molar refractivity (Wildman–Crippen MR) is 67.9 cm³/mol. The second-order valence-electron chi connectivity index (χ2n) is 4.58. The zero-order valence-electron chi connectivity index (χ0n) is 10.4. The lowest BCUT2D eigenvalue weighted by Crippen LogP contribution is -2.13. The molecule has 0 unspecified atom stereocenters. The first-order valence-corrected chi connectivity index (χ1v) is 5.90. The third-order valence-corrected chi connectivity index (χ3v) is 2.49. The molecule has 16 heavy (non-hydrogen) atoms. The molecule has 0 aromatic heterocycles. The molecule has 1 aromatic rings. The lowest BCUT2D eigenvalue weighted by molar-refractivity contribution is 0.0983. The van der Waals surface area contributed by atoms with E-state index < -0.39 is 0 Å². The molecule has 1 aromatic carbocycles. The van der Waals surface area contributed by atoms with Gasteiger partial charge in [0, 0.05) is 18.5 Å². The van der Waals surface area contributed by atoms with Crippen LogP contribution in [0.25, 0.3) is 0 Å². The number of benzene rings is 1. The van der Waals surface area contributed by atoms with Gasteiger partial charge in [-0.1, -0.05) is 32.0 Å². The Kier molecular flexibility index (Phi) is 5.20. The lowest BCUT2D eigenvalue weighted by Gasteiger charge is -2.07. The Morgan fingerprint density at radius 2 is 2.12 bits per heavy atom. The van der Waals surface area contributed by atoms with E-state index in [4.69, 9.17) is 0 Å². The maximum Gasteiger partial charge on any atom is 0.164 e. The normalized spacial score (nSPS) is 10.8. The van der Waals surface area contributed by atoms with Gasteiger partial charge in [0.15, 0.2) is 5.78 Å². The van der Waals surface area contributed by atoms with Crippen LogP contribution in [0.5, 0.6) is 0 Å². The number of rotatable bonds is 6. The smallest absolute Gasteiger partial charge is 0.164 e. The number of hydrogen-bond donors (Lipinski definition) is 1. The van der Waals surface area contributed by atoms with Crippen LogP contribution in [0.3, 0.4) is 0 Å². The van der Waals surface area contributed by atoms with Gasteiger partial charge in [-0.2, -0.15) is 0 Å². The van der Waals surface area contributed by atoms with Crippen LogP contribution in [0.1, 0.15) is 36.2 Å². The Balaban J connectivity index is 2.69. The Labute approximate surface area is 98.1 Å². The summed E-state index contributed by atoms with van der Waals surface area (Å²) >= 11 is 0. The van der Waals surface area contributed by atoms with E-state index in [2.05, 4.69) is 25.2 Å².